The molecule has 0 rings (SSSR count). The van der Waals surface area contributed by atoms with E-state index in [2.05, 4.69) is 277 Å². The Balaban J connectivity index is -0.000000105. The molecule has 0 saturated heterocycles. The van der Waals surface area contributed by atoms with Crippen molar-refractivity contribution in [3.8, 4) is 0 Å². The van der Waals surface area contributed by atoms with Gasteiger partial charge in [-0.3, -0.25) is 0 Å². The first-order valence-corrected chi connectivity index (χ1v) is 59.9. The van der Waals surface area contributed by atoms with Gasteiger partial charge in [0, 0.05) is 0 Å². The van der Waals surface area contributed by atoms with Crippen molar-refractivity contribution in [2.45, 2.75) is 200 Å². The van der Waals surface area contributed by atoms with Gasteiger partial charge in [-0.1, -0.05) is 83.1 Å². The number of rotatable bonds is 52. The van der Waals surface area contributed by atoms with E-state index in [1.165, 1.54) is 35.6 Å². The minimum absolute atomic E-state index is 0.110. The molecule has 92 heavy (non-hydrogen) atoms. The second kappa shape index (κ2) is 112. The van der Waals surface area contributed by atoms with Crippen LogP contribution in [0.25, 0.3) is 26.6 Å². The van der Waals surface area contributed by atoms with E-state index in [9.17, 15) is 0 Å². The molecule has 0 atom stereocenters. The van der Waals surface area contributed by atoms with Crippen molar-refractivity contribution < 1.29 is 0 Å². The Morgan fingerprint density at radius 3 is 0.457 bits per heavy atom. The Morgan fingerprint density at radius 2 is 0.370 bits per heavy atom. The third-order valence-electron chi connectivity index (χ3n) is 14.2. The van der Waals surface area contributed by atoms with Crippen molar-refractivity contribution in [1.82, 2.24) is 49.0 Å². The number of likely N-dealkylation sites (N-methyl/N-ethyl adjacent to an activating group) is 10. The normalized spacial score (nSPS) is 10.3. The summed E-state index contributed by atoms with van der Waals surface area (Å²) < 4.78 is 4.63. The van der Waals surface area contributed by atoms with Crippen LogP contribution < -0.4 is 0 Å². The molecule has 0 bridgehead atoms. The molecule has 552 valence electrons. The predicted molar refractivity (Wildman–Crippen MR) is 440 cm³/mol. The van der Waals surface area contributed by atoms with Crippen LogP contribution in [0.3, 0.4) is 0 Å². The minimum atomic E-state index is 0.110. The van der Waals surface area contributed by atoms with Crippen LogP contribution in [-0.4, -0.2) is 407 Å². The molecule has 0 aromatic carbocycles. The fourth-order valence-corrected chi connectivity index (χ4v) is 13.4. The van der Waals surface area contributed by atoms with E-state index in [4.69, 9.17) is 0 Å². The summed E-state index contributed by atoms with van der Waals surface area (Å²) in [4.78, 5) is 32.4. The van der Waals surface area contributed by atoms with Crippen molar-refractivity contribution >= 4 is 92.5 Å². The summed E-state index contributed by atoms with van der Waals surface area (Å²) in [5, 5.41) is 22.4. The van der Waals surface area contributed by atoms with E-state index in [1.54, 1.807) is 19.9 Å². The first-order chi connectivity index (χ1) is 44.2. The van der Waals surface area contributed by atoms with Crippen LogP contribution >= 0.6 is 0 Å². The van der Waals surface area contributed by atoms with Gasteiger partial charge in [0.15, 0.2) is 0 Å². The predicted octanol–water partition coefficient (Wildman–Crippen LogP) is 14.9. The molecule has 0 saturated carbocycles. The standard InChI is InChI=1S/3C12H28N3.2C8H20N3.4C3H7.2C2H5.4CH3.4Ga.In/c3*1-5-14(6-2)11-9-13-10-12-15(7-3)8-4;2*1-10(2)7-5-9-6-8-11(3)4;4*1-3-2;2*1-2;;;;;;;;;/h3*5-12H2,1-4H3;2*5-8H2,1-4H3;4*1,3H2,2H3;2*1H2,2H3;4*1H3;;;;;/q5*-1;;;;;;;;;;;5*+1. The Hall–Kier alpha value is 2.82. The number of hydrogen-bond acceptors (Lipinski definition) is 10. The SMILES string of the molecule is CCN(CC)CC[N-]CCN(CC)CC.CCN(CC)CC[N-]CCN(CC)CC.CCN(CC)CC[N-]CCN(CC)CC.CC[CH2][Ga+][CH2]CC.CC[CH2][Ga+][CH2]CC.CN(C)CC[N-]CCN(C)C.CN(C)CC[N-]CCN(C)C.C[CH2][Ga+][CH2]C.[CH3][Ga+][CH3].[CH3][In+][CH3]. The molecule has 0 aromatic rings. The van der Waals surface area contributed by atoms with E-state index < -0.39 is 0 Å². The van der Waals surface area contributed by atoms with E-state index in [-0.39, 0.29) is 57.7 Å². The Kier molecular flexibility index (Phi) is 142. The average molecular weight is 1640 g/mol. The fraction of sp³-hybridized carbons (Fsp3) is 1.00. The van der Waals surface area contributed by atoms with Gasteiger partial charge in [0.25, 0.3) is 0 Å². The van der Waals surface area contributed by atoms with Gasteiger partial charge in [-0.2, -0.15) is 0 Å². The van der Waals surface area contributed by atoms with Crippen LogP contribution in [0.2, 0.25) is 50.2 Å². The third kappa shape index (κ3) is 133. The van der Waals surface area contributed by atoms with Crippen molar-refractivity contribution in [3.63, 3.8) is 0 Å². The molecule has 20 heteroatoms. The molecule has 0 heterocycles. The van der Waals surface area contributed by atoms with Gasteiger partial charge < -0.3 is 75.6 Å². The molecule has 0 unspecified atom stereocenters. The first kappa shape index (κ1) is 116. The summed E-state index contributed by atoms with van der Waals surface area (Å²) in [6.07, 6.45) is 5.72. The quantitative estimate of drug-likeness (QED) is 0.0432. The molecule has 0 amide bonds. The van der Waals surface area contributed by atoms with E-state index in [1.807, 2.05) is 0 Å². The number of nitrogens with zero attached hydrogens (tertiary/aromatic N) is 15. The first-order valence-electron chi connectivity index (χ1n) is 38.2. The van der Waals surface area contributed by atoms with Crippen LogP contribution in [0.4, 0.5) is 0 Å². The molecule has 0 spiro atoms. The zero-order valence-electron chi connectivity index (χ0n) is 69.3. The van der Waals surface area contributed by atoms with Crippen molar-refractivity contribution in [3.05, 3.63) is 26.6 Å². The second-order valence-corrected chi connectivity index (χ2v) is 41.3. The summed E-state index contributed by atoms with van der Waals surface area (Å²) in [5.41, 5.74) is 4.56. The second-order valence-electron chi connectivity index (χ2n) is 23.7. The van der Waals surface area contributed by atoms with Gasteiger partial charge in [0.1, 0.15) is 0 Å². The Morgan fingerprint density at radius 1 is 0.239 bits per heavy atom. The molecule has 0 aliphatic heterocycles. The van der Waals surface area contributed by atoms with Gasteiger partial charge in [0.05, 0.1) is 0 Å². The van der Waals surface area contributed by atoms with Crippen molar-refractivity contribution in [2.24, 2.45) is 0 Å². The topological polar surface area (TPSA) is 103 Å². The van der Waals surface area contributed by atoms with Gasteiger partial charge in [-0.25, -0.2) is 0 Å². The third-order valence-corrected chi connectivity index (χ3v) is 24.9. The molecule has 0 N–H and O–H groups in total. The molecule has 0 fully saturated rings. The summed E-state index contributed by atoms with van der Waals surface area (Å²) in [5.74, 6) is 0. The van der Waals surface area contributed by atoms with Crippen LogP contribution in [0, 0.1) is 0 Å². The van der Waals surface area contributed by atoms with Gasteiger partial charge in [0.2, 0.25) is 0 Å². The fourth-order valence-electron chi connectivity index (χ4n) is 7.55. The monoisotopic (exact) mass is 1640 g/mol. The van der Waals surface area contributed by atoms with Crippen LogP contribution in [0.1, 0.15) is 150 Å². The van der Waals surface area contributed by atoms with Crippen molar-refractivity contribution in [2.75, 3.05) is 266 Å². The van der Waals surface area contributed by atoms with Crippen LogP contribution in [-0.2, 0) is 0 Å². The van der Waals surface area contributed by atoms with E-state index in [0.29, 0.717) is 34.8 Å². The van der Waals surface area contributed by atoms with Crippen molar-refractivity contribution in [1.29, 1.82) is 0 Å². The maximum atomic E-state index is 4.56. The zero-order chi connectivity index (χ0) is 72.5. The molecular formula is C72H174Ga4InN15. The summed E-state index contributed by atoms with van der Waals surface area (Å²) in [6.45, 7) is 74.6. The Bertz CT molecular complexity index is 923. The summed E-state index contributed by atoms with van der Waals surface area (Å²) in [6, 6.07) is 0. The van der Waals surface area contributed by atoms with Gasteiger partial charge >= 0.3 is 210 Å². The zero-order valence-corrected chi connectivity index (χ0v) is 82.3. The van der Waals surface area contributed by atoms with E-state index in [0.717, 1.165) is 209 Å². The number of hydrogen-bond donors (Lipinski definition) is 0. The average Bonchev–Trinajstić information content (AvgIpc) is 3.64. The molecule has 15 nitrogen and oxygen atoms in total. The molecular weight excluding hydrogens is 1470 g/mol. The summed E-state index contributed by atoms with van der Waals surface area (Å²) >= 11 is 1.30. The molecule has 0 aromatic heterocycles. The van der Waals surface area contributed by atoms with Gasteiger partial charge in [-0.05, 0) is 200 Å². The van der Waals surface area contributed by atoms with Crippen LogP contribution in [0.15, 0.2) is 0 Å². The van der Waals surface area contributed by atoms with Gasteiger partial charge in [-0.15, -0.1) is 65.4 Å². The Labute approximate surface area is 628 Å². The van der Waals surface area contributed by atoms with E-state index >= 15 is 0 Å². The molecule has 0 aliphatic carbocycles. The molecule has 0 aliphatic rings. The maximum absolute atomic E-state index is 4.56. The van der Waals surface area contributed by atoms with Crippen LogP contribution in [0.5, 0.6) is 0 Å². The molecule has 0 radical (unpaired) electrons. The summed E-state index contributed by atoms with van der Waals surface area (Å²) in [7, 11) is 16.6.